The molecule has 0 aromatic carbocycles. The Morgan fingerprint density at radius 2 is 2.18 bits per heavy atom. The third kappa shape index (κ3) is 1.52. The molecule has 11 heavy (non-hydrogen) atoms. The summed E-state index contributed by atoms with van der Waals surface area (Å²) >= 11 is 0. The molecule has 0 atom stereocenters. The van der Waals surface area contributed by atoms with E-state index in [1.165, 1.54) is 4.31 Å². The zero-order chi connectivity index (χ0) is 8.48. The SMILES string of the molecule is CCS(=O)(=O)N1CC(C#N)C1. The van der Waals surface area contributed by atoms with Crippen LogP contribution >= 0.6 is 0 Å². The lowest BCUT2D eigenvalue weighted by atomic mass is 10.1. The molecule has 0 aromatic rings. The van der Waals surface area contributed by atoms with E-state index in [4.69, 9.17) is 5.26 Å². The van der Waals surface area contributed by atoms with Crippen molar-refractivity contribution in [3.8, 4) is 6.07 Å². The van der Waals surface area contributed by atoms with E-state index in [0.717, 1.165) is 0 Å². The molecular weight excluding hydrogens is 164 g/mol. The van der Waals surface area contributed by atoms with E-state index in [0.29, 0.717) is 13.1 Å². The molecule has 0 spiro atoms. The minimum atomic E-state index is -3.02. The molecule has 0 saturated carbocycles. The van der Waals surface area contributed by atoms with Gasteiger partial charge in [0.25, 0.3) is 0 Å². The van der Waals surface area contributed by atoms with E-state index >= 15 is 0 Å². The topological polar surface area (TPSA) is 61.2 Å². The summed E-state index contributed by atoms with van der Waals surface area (Å²) in [7, 11) is -3.02. The molecule has 0 aromatic heterocycles. The third-order valence-corrected chi connectivity index (χ3v) is 3.60. The Morgan fingerprint density at radius 1 is 1.64 bits per heavy atom. The summed E-state index contributed by atoms with van der Waals surface area (Å²) in [5, 5.41) is 8.37. The van der Waals surface area contributed by atoms with E-state index in [9.17, 15) is 8.42 Å². The monoisotopic (exact) mass is 174 g/mol. The first-order valence-electron chi connectivity index (χ1n) is 3.47. The second-order valence-electron chi connectivity index (χ2n) is 2.54. The molecule has 0 aliphatic carbocycles. The van der Waals surface area contributed by atoms with Gasteiger partial charge in [0.05, 0.1) is 17.7 Å². The van der Waals surface area contributed by atoms with Crippen molar-refractivity contribution in [2.24, 2.45) is 5.92 Å². The highest BCUT2D eigenvalue weighted by molar-refractivity contribution is 7.89. The molecule has 1 heterocycles. The maximum absolute atomic E-state index is 11.1. The number of sulfonamides is 1. The third-order valence-electron chi connectivity index (χ3n) is 1.79. The van der Waals surface area contributed by atoms with Crippen molar-refractivity contribution < 1.29 is 8.42 Å². The molecule has 1 aliphatic rings. The second-order valence-corrected chi connectivity index (χ2v) is 4.80. The molecule has 1 rings (SSSR count). The van der Waals surface area contributed by atoms with Gasteiger partial charge in [-0.3, -0.25) is 0 Å². The van der Waals surface area contributed by atoms with Crippen LogP contribution in [0.1, 0.15) is 6.92 Å². The first-order chi connectivity index (χ1) is 5.10. The lowest BCUT2D eigenvalue weighted by Gasteiger charge is -2.33. The fourth-order valence-corrected chi connectivity index (χ4v) is 2.11. The Morgan fingerprint density at radius 3 is 2.55 bits per heavy atom. The Labute approximate surface area is 66.5 Å². The highest BCUT2D eigenvalue weighted by Gasteiger charge is 2.34. The van der Waals surface area contributed by atoms with Crippen LogP contribution in [0.3, 0.4) is 0 Å². The average molecular weight is 174 g/mol. The second kappa shape index (κ2) is 2.80. The van der Waals surface area contributed by atoms with Crippen molar-refractivity contribution in [1.29, 1.82) is 5.26 Å². The Bertz CT molecular complexity index is 271. The Balaban J connectivity index is 2.52. The van der Waals surface area contributed by atoms with E-state index in [2.05, 4.69) is 0 Å². The van der Waals surface area contributed by atoms with Crippen LogP contribution < -0.4 is 0 Å². The zero-order valence-electron chi connectivity index (χ0n) is 6.32. The van der Waals surface area contributed by atoms with Gasteiger partial charge in [-0.2, -0.15) is 9.57 Å². The van der Waals surface area contributed by atoms with Crippen LogP contribution in [0.2, 0.25) is 0 Å². The van der Waals surface area contributed by atoms with Crippen LogP contribution in [0.4, 0.5) is 0 Å². The summed E-state index contributed by atoms with van der Waals surface area (Å²) in [5.74, 6) is 0.0434. The Hall–Kier alpha value is -0.600. The van der Waals surface area contributed by atoms with Crippen molar-refractivity contribution in [2.45, 2.75) is 6.92 Å². The predicted molar refractivity (Wildman–Crippen MR) is 40.1 cm³/mol. The normalized spacial score (nSPS) is 20.7. The lowest BCUT2D eigenvalue weighted by molar-refractivity contribution is 0.249. The summed E-state index contributed by atoms with van der Waals surface area (Å²) in [6.45, 7) is 2.37. The van der Waals surface area contributed by atoms with Gasteiger partial charge in [0, 0.05) is 13.1 Å². The Kier molecular flexibility index (Phi) is 2.16. The molecule has 0 bridgehead atoms. The average Bonchev–Trinajstić information content (AvgIpc) is 1.85. The van der Waals surface area contributed by atoms with Crippen molar-refractivity contribution in [1.82, 2.24) is 4.31 Å². The highest BCUT2D eigenvalue weighted by Crippen LogP contribution is 2.18. The van der Waals surface area contributed by atoms with Crippen molar-refractivity contribution >= 4 is 10.0 Å². The quantitative estimate of drug-likeness (QED) is 0.582. The maximum atomic E-state index is 11.1. The molecular formula is C6H10N2O2S. The number of nitrogens with zero attached hydrogens (tertiary/aromatic N) is 2. The summed E-state index contributed by atoms with van der Waals surface area (Å²) in [4.78, 5) is 0. The van der Waals surface area contributed by atoms with Crippen LogP contribution in [-0.2, 0) is 10.0 Å². The van der Waals surface area contributed by atoms with E-state index in [1.807, 2.05) is 6.07 Å². The number of hydrogen-bond donors (Lipinski definition) is 0. The van der Waals surface area contributed by atoms with Crippen LogP contribution in [-0.4, -0.2) is 31.6 Å². The number of nitriles is 1. The summed E-state index contributed by atoms with van der Waals surface area (Å²) in [6.07, 6.45) is 0. The smallest absolute Gasteiger partial charge is 0.212 e. The molecule has 0 radical (unpaired) electrons. The first-order valence-corrected chi connectivity index (χ1v) is 5.08. The van der Waals surface area contributed by atoms with E-state index in [1.54, 1.807) is 6.92 Å². The summed E-state index contributed by atoms with van der Waals surface area (Å²) in [5.41, 5.74) is 0. The van der Waals surface area contributed by atoms with Gasteiger partial charge in [0.1, 0.15) is 0 Å². The van der Waals surface area contributed by atoms with Gasteiger partial charge >= 0.3 is 0 Å². The summed E-state index contributed by atoms with van der Waals surface area (Å²) < 4.78 is 23.5. The predicted octanol–water partition coefficient (Wildman–Crippen LogP) is -0.209. The van der Waals surface area contributed by atoms with Crippen LogP contribution in [0, 0.1) is 17.2 Å². The van der Waals surface area contributed by atoms with Crippen molar-refractivity contribution in [2.75, 3.05) is 18.8 Å². The van der Waals surface area contributed by atoms with Gasteiger partial charge in [-0.1, -0.05) is 0 Å². The van der Waals surface area contributed by atoms with Crippen LogP contribution in [0.5, 0.6) is 0 Å². The van der Waals surface area contributed by atoms with Gasteiger partial charge in [0.2, 0.25) is 10.0 Å². The molecule has 0 unspecified atom stereocenters. The van der Waals surface area contributed by atoms with Gasteiger partial charge < -0.3 is 0 Å². The van der Waals surface area contributed by atoms with Gasteiger partial charge in [-0.25, -0.2) is 8.42 Å². The summed E-state index contributed by atoms with van der Waals surface area (Å²) in [6, 6.07) is 2.02. The number of hydrogen-bond acceptors (Lipinski definition) is 3. The van der Waals surface area contributed by atoms with Gasteiger partial charge in [-0.05, 0) is 6.92 Å². The van der Waals surface area contributed by atoms with E-state index < -0.39 is 10.0 Å². The van der Waals surface area contributed by atoms with Gasteiger partial charge in [-0.15, -0.1) is 0 Å². The van der Waals surface area contributed by atoms with Crippen LogP contribution in [0.15, 0.2) is 0 Å². The molecule has 62 valence electrons. The fraction of sp³-hybridized carbons (Fsp3) is 0.833. The molecule has 0 N–H and O–H groups in total. The maximum Gasteiger partial charge on any atom is 0.213 e. The molecule has 5 heteroatoms. The van der Waals surface area contributed by atoms with Crippen LogP contribution in [0.25, 0.3) is 0 Å². The first kappa shape index (κ1) is 8.50. The van der Waals surface area contributed by atoms with Crippen molar-refractivity contribution in [3.05, 3.63) is 0 Å². The lowest BCUT2D eigenvalue weighted by Crippen LogP contribution is -2.49. The van der Waals surface area contributed by atoms with Crippen molar-refractivity contribution in [3.63, 3.8) is 0 Å². The zero-order valence-corrected chi connectivity index (χ0v) is 7.13. The molecule has 4 nitrogen and oxygen atoms in total. The molecule has 1 fully saturated rings. The minimum Gasteiger partial charge on any atom is -0.212 e. The largest absolute Gasteiger partial charge is 0.213 e. The molecule has 1 saturated heterocycles. The van der Waals surface area contributed by atoms with Gasteiger partial charge in [0.15, 0.2) is 0 Å². The fourth-order valence-electron chi connectivity index (χ4n) is 0.929. The highest BCUT2D eigenvalue weighted by atomic mass is 32.2. The molecule has 0 amide bonds. The number of rotatable bonds is 2. The standard InChI is InChI=1S/C6H10N2O2S/c1-2-11(9,10)8-4-6(3-7)5-8/h6H,2,4-5H2,1H3. The molecule has 1 aliphatic heterocycles. The van der Waals surface area contributed by atoms with E-state index in [-0.39, 0.29) is 11.7 Å². The minimum absolute atomic E-state index is 0.0867.